The molecule has 4 nitrogen and oxygen atoms in total. The number of nitriles is 1. The zero-order chi connectivity index (χ0) is 18.5. The Balaban J connectivity index is 1.74. The van der Waals surface area contributed by atoms with Crippen LogP contribution in [-0.2, 0) is 12.8 Å². The van der Waals surface area contributed by atoms with Gasteiger partial charge in [-0.2, -0.15) is 5.26 Å². The summed E-state index contributed by atoms with van der Waals surface area (Å²) in [5.74, 6) is 0. The van der Waals surface area contributed by atoms with Gasteiger partial charge in [-0.15, -0.1) is 5.10 Å². The highest BCUT2D eigenvalue weighted by Gasteiger charge is 2.16. The van der Waals surface area contributed by atoms with Crippen molar-refractivity contribution >= 4 is 0 Å². The zero-order valence-corrected chi connectivity index (χ0v) is 14.8. The Kier molecular flexibility index (Phi) is 4.76. The van der Waals surface area contributed by atoms with Crippen LogP contribution in [0.2, 0.25) is 0 Å². The van der Waals surface area contributed by atoms with E-state index < -0.39 is 0 Å². The van der Waals surface area contributed by atoms with Crippen molar-refractivity contribution in [3.63, 3.8) is 0 Å². The van der Waals surface area contributed by atoms with Gasteiger partial charge in [0.05, 0.1) is 23.0 Å². The van der Waals surface area contributed by atoms with Crippen molar-refractivity contribution in [1.29, 1.82) is 5.26 Å². The normalized spacial score (nSPS) is 10.5. The van der Waals surface area contributed by atoms with Crippen LogP contribution in [0.5, 0.6) is 0 Å². The number of aryl methyl sites for hydroxylation is 1. The molecule has 1 aromatic heterocycles. The molecule has 0 fully saturated rings. The summed E-state index contributed by atoms with van der Waals surface area (Å²) in [6, 6.07) is 30.1. The lowest BCUT2D eigenvalue weighted by atomic mass is 10.0. The fourth-order valence-corrected chi connectivity index (χ4v) is 3.14. The lowest BCUT2D eigenvalue weighted by Gasteiger charge is -2.09. The van der Waals surface area contributed by atoms with Crippen LogP contribution in [0.15, 0.2) is 84.9 Å². The van der Waals surface area contributed by atoms with Crippen molar-refractivity contribution in [3.8, 4) is 23.0 Å². The molecule has 0 bridgehead atoms. The first kappa shape index (κ1) is 16.7. The highest BCUT2D eigenvalue weighted by atomic mass is 15.4. The molecule has 0 radical (unpaired) electrons. The molecule has 3 aromatic carbocycles. The Morgan fingerprint density at radius 1 is 0.778 bits per heavy atom. The summed E-state index contributed by atoms with van der Waals surface area (Å²) in [5.41, 5.74) is 5.84. The molecule has 4 aromatic rings. The molecule has 0 aliphatic carbocycles. The molecule has 0 saturated heterocycles. The van der Waals surface area contributed by atoms with E-state index in [-0.39, 0.29) is 0 Å². The minimum absolute atomic E-state index is 0.632. The van der Waals surface area contributed by atoms with Crippen molar-refractivity contribution in [3.05, 3.63) is 102 Å². The SMILES string of the molecule is N#Cc1ccc(-n2nnc(-c3ccccc3)c2CCc2ccccc2)cc1. The highest BCUT2D eigenvalue weighted by molar-refractivity contribution is 5.62. The molecule has 27 heavy (non-hydrogen) atoms. The van der Waals surface area contributed by atoms with Gasteiger partial charge in [0.1, 0.15) is 5.69 Å². The summed E-state index contributed by atoms with van der Waals surface area (Å²) in [4.78, 5) is 0. The van der Waals surface area contributed by atoms with Crippen LogP contribution in [0.4, 0.5) is 0 Å². The van der Waals surface area contributed by atoms with Crippen molar-refractivity contribution in [1.82, 2.24) is 15.0 Å². The largest absolute Gasteiger partial charge is 0.217 e. The van der Waals surface area contributed by atoms with Gasteiger partial charge >= 0.3 is 0 Å². The van der Waals surface area contributed by atoms with E-state index in [1.165, 1.54) is 5.56 Å². The van der Waals surface area contributed by atoms with Crippen LogP contribution in [0.3, 0.4) is 0 Å². The summed E-state index contributed by atoms with van der Waals surface area (Å²) < 4.78 is 1.88. The topological polar surface area (TPSA) is 54.5 Å². The fourth-order valence-electron chi connectivity index (χ4n) is 3.14. The Hall–Kier alpha value is -3.71. The second kappa shape index (κ2) is 7.67. The molecule has 0 saturated carbocycles. The van der Waals surface area contributed by atoms with Crippen molar-refractivity contribution in [2.24, 2.45) is 0 Å². The Morgan fingerprint density at radius 2 is 1.44 bits per heavy atom. The van der Waals surface area contributed by atoms with Gasteiger partial charge in [0.15, 0.2) is 0 Å². The van der Waals surface area contributed by atoms with Gasteiger partial charge in [0, 0.05) is 5.56 Å². The lowest BCUT2D eigenvalue weighted by Crippen LogP contribution is -2.05. The lowest BCUT2D eigenvalue weighted by molar-refractivity contribution is 0.752. The fraction of sp³-hybridized carbons (Fsp3) is 0.0870. The van der Waals surface area contributed by atoms with Gasteiger partial charge in [-0.1, -0.05) is 65.9 Å². The summed E-state index contributed by atoms with van der Waals surface area (Å²) in [6.45, 7) is 0. The van der Waals surface area contributed by atoms with E-state index >= 15 is 0 Å². The molecule has 0 aliphatic rings. The molecular weight excluding hydrogens is 332 g/mol. The van der Waals surface area contributed by atoms with Crippen LogP contribution in [0.25, 0.3) is 16.9 Å². The molecule has 0 atom stereocenters. The number of hydrogen-bond donors (Lipinski definition) is 0. The van der Waals surface area contributed by atoms with Crippen molar-refractivity contribution in [2.45, 2.75) is 12.8 Å². The van der Waals surface area contributed by atoms with Crippen LogP contribution in [0, 0.1) is 11.3 Å². The van der Waals surface area contributed by atoms with E-state index in [9.17, 15) is 0 Å². The second-order valence-electron chi connectivity index (χ2n) is 6.31. The summed E-state index contributed by atoms with van der Waals surface area (Å²) in [7, 11) is 0. The van der Waals surface area contributed by atoms with E-state index in [1.807, 2.05) is 41.1 Å². The molecule has 4 heteroatoms. The van der Waals surface area contributed by atoms with E-state index in [2.05, 4.69) is 52.8 Å². The maximum atomic E-state index is 9.03. The van der Waals surface area contributed by atoms with Gasteiger partial charge in [0.2, 0.25) is 0 Å². The Labute approximate surface area is 158 Å². The average Bonchev–Trinajstić information content (AvgIpc) is 3.17. The van der Waals surface area contributed by atoms with Gasteiger partial charge in [-0.05, 0) is 42.7 Å². The second-order valence-corrected chi connectivity index (χ2v) is 6.31. The number of benzene rings is 3. The van der Waals surface area contributed by atoms with Crippen molar-refractivity contribution in [2.75, 3.05) is 0 Å². The van der Waals surface area contributed by atoms with E-state index in [0.29, 0.717) is 5.56 Å². The van der Waals surface area contributed by atoms with Crippen LogP contribution in [-0.4, -0.2) is 15.0 Å². The first-order valence-corrected chi connectivity index (χ1v) is 8.89. The maximum absolute atomic E-state index is 9.03. The predicted octanol–water partition coefficient (Wildman–Crippen LogP) is 4.59. The summed E-state index contributed by atoms with van der Waals surface area (Å²) in [6.07, 6.45) is 1.73. The first-order chi connectivity index (χ1) is 13.3. The summed E-state index contributed by atoms with van der Waals surface area (Å²) >= 11 is 0. The standard InChI is InChI=1S/C23H18N4/c24-17-19-11-14-21(15-12-19)27-22(16-13-18-7-3-1-4-8-18)23(25-26-27)20-9-5-2-6-10-20/h1-12,14-15H,13,16H2. The van der Waals surface area contributed by atoms with E-state index in [4.69, 9.17) is 5.26 Å². The molecule has 0 N–H and O–H groups in total. The van der Waals surface area contributed by atoms with Crippen LogP contribution >= 0.6 is 0 Å². The Bertz CT molecular complexity index is 1060. The molecular formula is C23H18N4. The van der Waals surface area contributed by atoms with Gasteiger partial charge < -0.3 is 0 Å². The minimum Gasteiger partial charge on any atom is -0.217 e. The van der Waals surface area contributed by atoms with E-state index in [0.717, 1.165) is 35.5 Å². The van der Waals surface area contributed by atoms with Crippen LogP contribution < -0.4 is 0 Å². The zero-order valence-electron chi connectivity index (χ0n) is 14.8. The quantitative estimate of drug-likeness (QED) is 0.529. The molecule has 0 amide bonds. The highest BCUT2D eigenvalue weighted by Crippen LogP contribution is 2.25. The van der Waals surface area contributed by atoms with Crippen molar-refractivity contribution < 1.29 is 0 Å². The third-order valence-corrected chi connectivity index (χ3v) is 4.54. The molecule has 0 spiro atoms. The first-order valence-electron chi connectivity index (χ1n) is 8.89. The summed E-state index contributed by atoms with van der Waals surface area (Å²) in [5, 5.41) is 17.9. The van der Waals surface area contributed by atoms with Gasteiger partial charge in [-0.3, -0.25) is 0 Å². The number of rotatable bonds is 5. The molecule has 130 valence electrons. The Morgan fingerprint density at radius 3 is 2.11 bits per heavy atom. The molecule has 4 rings (SSSR count). The smallest absolute Gasteiger partial charge is 0.116 e. The third-order valence-electron chi connectivity index (χ3n) is 4.54. The molecule has 1 heterocycles. The maximum Gasteiger partial charge on any atom is 0.116 e. The van der Waals surface area contributed by atoms with Gasteiger partial charge in [-0.25, -0.2) is 4.68 Å². The number of hydrogen-bond acceptors (Lipinski definition) is 3. The average molecular weight is 350 g/mol. The van der Waals surface area contributed by atoms with Gasteiger partial charge in [0.25, 0.3) is 0 Å². The monoisotopic (exact) mass is 350 g/mol. The molecule has 0 unspecified atom stereocenters. The predicted molar refractivity (Wildman–Crippen MR) is 105 cm³/mol. The number of aromatic nitrogens is 3. The van der Waals surface area contributed by atoms with E-state index in [1.54, 1.807) is 12.1 Å². The third kappa shape index (κ3) is 3.63. The molecule has 0 aliphatic heterocycles. The number of nitrogens with zero attached hydrogens (tertiary/aromatic N) is 4. The minimum atomic E-state index is 0.632. The van der Waals surface area contributed by atoms with Crippen LogP contribution in [0.1, 0.15) is 16.8 Å².